The number of rotatable bonds is 7. The topological polar surface area (TPSA) is 148 Å². The Hall–Kier alpha value is -4.45. The molecule has 1 atom stereocenters. The van der Waals surface area contributed by atoms with Gasteiger partial charge in [0, 0.05) is 36.2 Å². The van der Waals surface area contributed by atoms with E-state index in [1.165, 1.54) is 18.2 Å². The molecule has 1 aromatic carbocycles. The molecule has 2 aromatic heterocycles. The number of nitrogen functional groups attached to an aromatic ring is 1. The second kappa shape index (κ2) is 13.0. The van der Waals surface area contributed by atoms with Crippen LogP contribution in [0.5, 0.6) is 0 Å². The zero-order chi connectivity index (χ0) is 34.1. The summed E-state index contributed by atoms with van der Waals surface area (Å²) >= 11 is 0. The number of amides is 2. The van der Waals surface area contributed by atoms with Gasteiger partial charge in [0.15, 0.2) is 5.03 Å². The molecule has 0 aliphatic carbocycles. The Labute approximate surface area is 277 Å². The largest absolute Gasteiger partial charge is 0.445 e. The van der Waals surface area contributed by atoms with Gasteiger partial charge < -0.3 is 20.3 Å². The molecule has 11 nitrogen and oxygen atoms in total. The number of pyridine rings is 2. The van der Waals surface area contributed by atoms with Crippen molar-refractivity contribution in [1.82, 2.24) is 19.6 Å². The van der Waals surface area contributed by atoms with Crippen LogP contribution in [0.25, 0.3) is 5.57 Å². The number of hydrogen-bond donors (Lipinski definition) is 2. The Bertz CT molecular complexity index is 1800. The van der Waals surface area contributed by atoms with Gasteiger partial charge in [0.25, 0.3) is 15.9 Å². The summed E-state index contributed by atoms with van der Waals surface area (Å²) in [6.45, 7) is 14.1. The number of nitrogens with zero attached hydrogens (tertiary/aromatic N) is 4. The van der Waals surface area contributed by atoms with Crippen molar-refractivity contribution in [2.75, 3.05) is 30.3 Å². The molecule has 0 saturated carbocycles. The minimum absolute atomic E-state index is 0.0227. The first-order valence-corrected chi connectivity index (χ1v) is 17.3. The second-order valence-electron chi connectivity index (χ2n) is 14.0. The number of hydrogen-bond acceptors (Lipinski definition) is 9. The van der Waals surface area contributed by atoms with E-state index in [4.69, 9.17) is 15.5 Å². The van der Waals surface area contributed by atoms with Crippen LogP contribution >= 0.6 is 0 Å². The summed E-state index contributed by atoms with van der Waals surface area (Å²) in [6.07, 6.45) is 2.94. The molecule has 0 spiro atoms. The number of sulfonamides is 1. The summed E-state index contributed by atoms with van der Waals surface area (Å²) in [5.41, 5.74) is 8.50. The third kappa shape index (κ3) is 7.59. The second-order valence-corrected chi connectivity index (χ2v) is 15.7. The third-order valence-electron chi connectivity index (χ3n) is 8.55. The van der Waals surface area contributed by atoms with Crippen molar-refractivity contribution in [3.63, 3.8) is 0 Å². The Morgan fingerprint density at radius 1 is 1.09 bits per heavy atom. The molecule has 1 saturated heterocycles. The van der Waals surface area contributed by atoms with Crippen LogP contribution in [0.15, 0.2) is 65.7 Å². The van der Waals surface area contributed by atoms with Gasteiger partial charge in [-0.2, -0.15) is 8.42 Å². The van der Waals surface area contributed by atoms with Crippen LogP contribution in [-0.4, -0.2) is 60.5 Å². The van der Waals surface area contributed by atoms with Gasteiger partial charge in [-0.05, 0) is 61.9 Å². The molecular formula is C35H44N6O5S. The fourth-order valence-corrected chi connectivity index (χ4v) is 7.29. The van der Waals surface area contributed by atoms with Crippen LogP contribution in [0.2, 0.25) is 0 Å². The standard InChI is InChI=1S/C35H44N6O5S/c1-23-20-35(5,6)41(21-23)31-27(32(42)39-47(44,45)29-14-10-13-28(36)37-29)19-26(30(38-31)34(2,3)4)25-15-17-40(18-16-25)33(43)46-22-24-11-8-7-9-12-24/h7-15,19,23H,16-18,20-22H2,1-6H3,(H2,36,37)(H,39,42). The van der Waals surface area contributed by atoms with Crippen LogP contribution in [0, 0.1) is 5.92 Å². The Balaban J connectivity index is 1.52. The molecule has 1 fully saturated rings. The van der Waals surface area contributed by atoms with E-state index in [9.17, 15) is 18.0 Å². The molecular weight excluding hydrogens is 616 g/mol. The number of ether oxygens (including phenoxy) is 1. The van der Waals surface area contributed by atoms with Crippen molar-refractivity contribution in [2.24, 2.45) is 5.92 Å². The third-order valence-corrected chi connectivity index (χ3v) is 9.78. The van der Waals surface area contributed by atoms with Crippen molar-refractivity contribution in [2.45, 2.75) is 77.0 Å². The van der Waals surface area contributed by atoms with E-state index < -0.39 is 27.4 Å². The molecule has 2 amide bonds. The zero-order valence-electron chi connectivity index (χ0n) is 27.9. The summed E-state index contributed by atoms with van der Waals surface area (Å²) in [7, 11) is -4.34. The highest BCUT2D eigenvalue weighted by molar-refractivity contribution is 7.90. The summed E-state index contributed by atoms with van der Waals surface area (Å²) in [5, 5.41) is -0.351. The Morgan fingerprint density at radius 3 is 2.40 bits per heavy atom. The van der Waals surface area contributed by atoms with E-state index in [-0.39, 0.29) is 28.6 Å². The lowest BCUT2D eigenvalue weighted by atomic mass is 9.83. The monoisotopic (exact) mass is 660 g/mol. The molecule has 47 heavy (non-hydrogen) atoms. The Kier molecular flexibility index (Phi) is 9.36. The summed E-state index contributed by atoms with van der Waals surface area (Å²) in [6, 6.07) is 15.5. The van der Waals surface area contributed by atoms with E-state index in [1.54, 1.807) is 11.0 Å². The molecule has 2 aliphatic rings. The molecule has 250 valence electrons. The highest BCUT2D eigenvalue weighted by Crippen LogP contribution is 2.41. The van der Waals surface area contributed by atoms with Crippen molar-refractivity contribution < 1.29 is 22.7 Å². The van der Waals surface area contributed by atoms with Gasteiger partial charge in [0.05, 0.1) is 11.3 Å². The molecule has 12 heteroatoms. The highest BCUT2D eigenvalue weighted by atomic mass is 32.2. The van der Waals surface area contributed by atoms with Gasteiger partial charge in [-0.25, -0.2) is 19.5 Å². The maximum Gasteiger partial charge on any atom is 0.410 e. The van der Waals surface area contributed by atoms with Crippen LogP contribution in [0.4, 0.5) is 16.4 Å². The molecule has 4 heterocycles. The van der Waals surface area contributed by atoms with E-state index in [1.807, 2.05) is 36.4 Å². The van der Waals surface area contributed by atoms with Crippen LogP contribution in [0.3, 0.4) is 0 Å². The molecule has 5 rings (SSSR count). The van der Waals surface area contributed by atoms with E-state index in [0.29, 0.717) is 37.8 Å². The first-order chi connectivity index (χ1) is 22.0. The predicted molar refractivity (Wildman–Crippen MR) is 182 cm³/mol. The summed E-state index contributed by atoms with van der Waals surface area (Å²) in [5.74, 6) is -0.0102. The maximum absolute atomic E-state index is 14.0. The number of carbonyl (C=O) groups is 2. The number of benzene rings is 1. The highest BCUT2D eigenvalue weighted by Gasteiger charge is 2.40. The van der Waals surface area contributed by atoms with Crippen molar-refractivity contribution in [3.8, 4) is 0 Å². The Morgan fingerprint density at radius 2 is 1.81 bits per heavy atom. The predicted octanol–water partition coefficient (Wildman–Crippen LogP) is 5.53. The van der Waals surface area contributed by atoms with Gasteiger partial charge in [0.1, 0.15) is 18.2 Å². The first kappa shape index (κ1) is 33.9. The van der Waals surface area contributed by atoms with Crippen LogP contribution in [0.1, 0.15) is 81.6 Å². The van der Waals surface area contributed by atoms with Crippen LogP contribution < -0.4 is 15.4 Å². The van der Waals surface area contributed by atoms with Gasteiger partial charge in [-0.3, -0.25) is 4.79 Å². The molecule has 3 N–H and O–H groups in total. The van der Waals surface area contributed by atoms with Gasteiger partial charge >= 0.3 is 6.09 Å². The molecule has 2 aliphatic heterocycles. The van der Waals surface area contributed by atoms with E-state index >= 15 is 0 Å². The van der Waals surface area contributed by atoms with E-state index in [0.717, 1.165) is 28.8 Å². The average Bonchev–Trinajstić information content (AvgIpc) is 3.30. The lowest BCUT2D eigenvalue weighted by molar-refractivity contribution is 0.0979. The number of anilines is 2. The molecule has 0 bridgehead atoms. The van der Waals surface area contributed by atoms with Gasteiger partial charge in [-0.15, -0.1) is 0 Å². The van der Waals surface area contributed by atoms with Gasteiger partial charge in [0.2, 0.25) is 0 Å². The van der Waals surface area contributed by atoms with E-state index in [2.05, 4.69) is 56.1 Å². The number of carbonyl (C=O) groups excluding carboxylic acids is 2. The minimum Gasteiger partial charge on any atom is -0.445 e. The SMILES string of the molecule is CC1CN(c2nc(C(C)(C)C)c(C3=CCN(C(=O)OCc4ccccc4)CC3)cc2C(=O)NS(=O)(=O)c2cccc(N)n2)C(C)(C)C1. The molecule has 3 aromatic rings. The maximum atomic E-state index is 14.0. The van der Waals surface area contributed by atoms with Gasteiger partial charge in [-0.1, -0.05) is 70.2 Å². The van der Waals surface area contributed by atoms with Crippen molar-refractivity contribution in [3.05, 3.63) is 83.1 Å². The number of nitrogens with one attached hydrogen (secondary N) is 1. The summed E-state index contributed by atoms with van der Waals surface area (Å²) in [4.78, 5) is 39.7. The van der Waals surface area contributed by atoms with Crippen LogP contribution in [-0.2, 0) is 26.8 Å². The van der Waals surface area contributed by atoms with Crippen molar-refractivity contribution in [1.29, 1.82) is 0 Å². The first-order valence-electron chi connectivity index (χ1n) is 15.8. The van der Waals surface area contributed by atoms with Crippen molar-refractivity contribution >= 4 is 39.2 Å². The number of aromatic nitrogens is 2. The lowest BCUT2D eigenvalue weighted by Crippen LogP contribution is -2.41. The lowest BCUT2D eigenvalue weighted by Gasteiger charge is -2.36. The fraction of sp³-hybridized carbons (Fsp3) is 0.429. The zero-order valence-corrected chi connectivity index (χ0v) is 28.7. The summed E-state index contributed by atoms with van der Waals surface area (Å²) < 4.78 is 34.3. The quantitative estimate of drug-likeness (QED) is 0.334. The molecule has 0 radical (unpaired) electrons. The molecule has 1 unspecified atom stereocenters. The fourth-order valence-electron chi connectivity index (χ4n) is 6.35. The average molecular weight is 661 g/mol. The smallest absolute Gasteiger partial charge is 0.410 e. The minimum atomic E-state index is -4.34. The number of nitrogens with two attached hydrogens (primary N) is 1. The normalized spacial score (nSPS) is 18.1.